The molecule has 1 aliphatic rings. The van der Waals surface area contributed by atoms with Gasteiger partial charge < -0.3 is 15.3 Å². The Morgan fingerprint density at radius 2 is 2.00 bits per heavy atom. The second kappa shape index (κ2) is 5.69. The van der Waals surface area contributed by atoms with Crippen LogP contribution in [0.1, 0.15) is 19.8 Å². The molecular weight excluding hydrogens is 252 g/mol. The summed E-state index contributed by atoms with van der Waals surface area (Å²) in [5, 5.41) is 12.1. The largest absolute Gasteiger partial charge is 0.393 e. The van der Waals surface area contributed by atoms with Gasteiger partial charge in [-0.2, -0.15) is 0 Å². The molecule has 6 heteroatoms. The molecule has 2 N–H and O–H groups in total. The van der Waals surface area contributed by atoms with Gasteiger partial charge in [-0.25, -0.2) is 13.8 Å². The first-order valence-corrected chi connectivity index (χ1v) is 6.49. The molecule has 19 heavy (non-hydrogen) atoms. The molecule has 1 saturated heterocycles. The van der Waals surface area contributed by atoms with Gasteiger partial charge in [0.25, 0.3) is 0 Å². The summed E-state index contributed by atoms with van der Waals surface area (Å²) in [5.41, 5.74) is 0. The van der Waals surface area contributed by atoms with Crippen molar-refractivity contribution in [2.24, 2.45) is 5.92 Å². The Labute approximate surface area is 111 Å². The normalized spacial score (nSPS) is 18.5. The number of aliphatic hydroxyl groups is 1. The minimum absolute atomic E-state index is 0.0500. The average Bonchev–Trinajstić information content (AvgIpc) is 2.39. The Morgan fingerprint density at radius 1 is 1.37 bits per heavy atom. The van der Waals surface area contributed by atoms with Gasteiger partial charge in [-0.05, 0) is 25.7 Å². The van der Waals surface area contributed by atoms with E-state index in [0.29, 0.717) is 13.1 Å². The fourth-order valence-corrected chi connectivity index (χ4v) is 2.45. The third-order valence-electron chi connectivity index (χ3n) is 3.67. The topological polar surface area (TPSA) is 48.4 Å². The van der Waals surface area contributed by atoms with Crippen LogP contribution in [0.4, 0.5) is 20.4 Å². The lowest BCUT2D eigenvalue weighted by molar-refractivity contribution is 0.109. The highest BCUT2D eigenvalue weighted by atomic mass is 19.1. The smallest absolute Gasteiger partial charge is 0.168 e. The molecule has 0 amide bonds. The lowest BCUT2D eigenvalue weighted by Crippen LogP contribution is -2.38. The quantitative estimate of drug-likeness (QED) is 0.883. The van der Waals surface area contributed by atoms with Gasteiger partial charge in [0.2, 0.25) is 0 Å². The van der Waals surface area contributed by atoms with E-state index >= 15 is 0 Å². The van der Waals surface area contributed by atoms with Gasteiger partial charge in [-0.15, -0.1) is 0 Å². The number of piperidine rings is 1. The molecule has 0 radical (unpaired) electrons. The molecule has 2 heterocycles. The highest BCUT2D eigenvalue weighted by Gasteiger charge is 2.25. The molecular formula is C13H19F2N3O. The van der Waals surface area contributed by atoms with E-state index in [0.717, 1.165) is 18.9 Å². The van der Waals surface area contributed by atoms with Crippen LogP contribution in [0.3, 0.4) is 0 Å². The molecule has 1 atom stereocenters. The zero-order valence-corrected chi connectivity index (χ0v) is 11.2. The average molecular weight is 271 g/mol. The first kappa shape index (κ1) is 14.0. The van der Waals surface area contributed by atoms with Crippen LogP contribution in [0.5, 0.6) is 0 Å². The van der Waals surface area contributed by atoms with Crippen LogP contribution in [0.15, 0.2) is 6.07 Å². The molecule has 1 aromatic rings. The van der Waals surface area contributed by atoms with Gasteiger partial charge in [-0.1, -0.05) is 0 Å². The maximum atomic E-state index is 13.8. The minimum atomic E-state index is -0.692. The summed E-state index contributed by atoms with van der Waals surface area (Å²) in [6, 6.07) is 0.856. The van der Waals surface area contributed by atoms with Crippen molar-refractivity contribution < 1.29 is 13.9 Å². The van der Waals surface area contributed by atoms with Gasteiger partial charge in [0.05, 0.1) is 6.10 Å². The number of aromatic nitrogens is 1. The van der Waals surface area contributed by atoms with Gasteiger partial charge in [0.1, 0.15) is 0 Å². The Bertz CT molecular complexity index is 446. The molecule has 0 aliphatic carbocycles. The number of halogens is 2. The predicted octanol–water partition coefficient (Wildman–Crippen LogP) is 2.00. The van der Waals surface area contributed by atoms with Gasteiger partial charge in [0, 0.05) is 26.2 Å². The monoisotopic (exact) mass is 271 g/mol. The zero-order chi connectivity index (χ0) is 14.0. The first-order chi connectivity index (χ1) is 9.02. The molecule has 106 valence electrons. The summed E-state index contributed by atoms with van der Waals surface area (Å²) in [6.45, 7) is 3.01. The number of hydrogen-bond donors (Lipinski definition) is 2. The van der Waals surface area contributed by atoms with Crippen molar-refractivity contribution in [3.63, 3.8) is 0 Å². The van der Waals surface area contributed by atoms with Crippen LogP contribution in [-0.4, -0.2) is 36.3 Å². The van der Waals surface area contributed by atoms with Crippen LogP contribution in [0.2, 0.25) is 0 Å². The van der Waals surface area contributed by atoms with E-state index in [1.807, 2.05) is 0 Å². The standard InChI is InChI=1S/C13H19F2N3O/c1-8(19)9-3-5-18(6-4-9)13-11(15)7-10(14)12(16-2)17-13/h7-9,19H,3-6H2,1-2H3,(H,16,17). The summed E-state index contributed by atoms with van der Waals surface area (Å²) >= 11 is 0. The third-order valence-corrected chi connectivity index (χ3v) is 3.67. The summed E-state index contributed by atoms with van der Waals surface area (Å²) in [6.07, 6.45) is 1.22. The van der Waals surface area contributed by atoms with Crippen LogP contribution in [-0.2, 0) is 0 Å². The van der Waals surface area contributed by atoms with Crippen LogP contribution in [0.25, 0.3) is 0 Å². The Balaban J connectivity index is 2.15. The maximum Gasteiger partial charge on any atom is 0.168 e. The fraction of sp³-hybridized carbons (Fsp3) is 0.615. The zero-order valence-electron chi connectivity index (χ0n) is 11.2. The van der Waals surface area contributed by atoms with E-state index in [4.69, 9.17) is 0 Å². The molecule has 0 saturated carbocycles. The van der Waals surface area contributed by atoms with Crippen molar-refractivity contribution in [1.82, 2.24) is 4.98 Å². The van der Waals surface area contributed by atoms with E-state index in [1.165, 1.54) is 0 Å². The second-order valence-corrected chi connectivity index (χ2v) is 4.94. The summed E-state index contributed by atoms with van der Waals surface area (Å²) in [7, 11) is 1.55. The number of nitrogens with zero attached hydrogens (tertiary/aromatic N) is 2. The number of rotatable bonds is 3. The predicted molar refractivity (Wildman–Crippen MR) is 70.3 cm³/mol. The molecule has 2 rings (SSSR count). The number of hydrogen-bond acceptors (Lipinski definition) is 4. The van der Waals surface area contributed by atoms with E-state index in [-0.39, 0.29) is 23.7 Å². The number of pyridine rings is 1. The molecule has 1 fully saturated rings. The second-order valence-electron chi connectivity index (χ2n) is 4.94. The highest BCUT2D eigenvalue weighted by molar-refractivity contribution is 5.49. The van der Waals surface area contributed by atoms with Crippen molar-refractivity contribution in [2.45, 2.75) is 25.9 Å². The van der Waals surface area contributed by atoms with E-state index in [2.05, 4.69) is 10.3 Å². The highest BCUT2D eigenvalue weighted by Crippen LogP contribution is 2.27. The van der Waals surface area contributed by atoms with Crippen LogP contribution >= 0.6 is 0 Å². The minimum Gasteiger partial charge on any atom is -0.393 e. The van der Waals surface area contributed by atoms with Crippen LogP contribution < -0.4 is 10.2 Å². The Hall–Kier alpha value is -1.43. The van der Waals surface area contributed by atoms with Crippen molar-refractivity contribution >= 4 is 11.6 Å². The van der Waals surface area contributed by atoms with E-state index < -0.39 is 11.6 Å². The number of nitrogens with one attached hydrogen (secondary N) is 1. The van der Waals surface area contributed by atoms with Crippen molar-refractivity contribution in [3.8, 4) is 0 Å². The van der Waals surface area contributed by atoms with Crippen molar-refractivity contribution in [3.05, 3.63) is 17.7 Å². The lowest BCUT2D eigenvalue weighted by Gasteiger charge is -2.34. The van der Waals surface area contributed by atoms with Gasteiger partial charge in [-0.3, -0.25) is 0 Å². The van der Waals surface area contributed by atoms with Crippen LogP contribution in [0, 0.1) is 17.6 Å². The molecule has 1 aromatic heterocycles. The van der Waals surface area contributed by atoms with Gasteiger partial charge in [0.15, 0.2) is 23.3 Å². The van der Waals surface area contributed by atoms with Crippen molar-refractivity contribution in [2.75, 3.05) is 30.4 Å². The Kier molecular flexibility index (Phi) is 4.19. The lowest BCUT2D eigenvalue weighted by atomic mass is 9.92. The summed E-state index contributed by atoms with van der Waals surface area (Å²) < 4.78 is 27.1. The first-order valence-electron chi connectivity index (χ1n) is 6.49. The summed E-state index contributed by atoms with van der Waals surface area (Å²) in [4.78, 5) is 5.79. The van der Waals surface area contributed by atoms with E-state index in [9.17, 15) is 13.9 Å². The molecule has 4 nitrogen and oxygen atoms in total. The maximum absolute atomic E-state index is 13.8. The van der Waals surface area contributed by atoms with E-state index in [1.54, 1.807) is 18.9 Å². The SMILES string of the molecule is CNc1nc(N2CCC(C(C)O)CC2)c(F)cc1F. The number of aliphatic hydroxyl groups excluding tert-OH is 1. The van der Waals surface area contributed by atoms with Crippen molar-refractivity contribution in [1.29, 1.82) is 0 Å². The van der Waals surface area contributed by atoms with Gasteiger partial charge >= 0.3 is 0 Å². The summed E-state index contributed by atoms with van der Waals surface area (Å²) in [5.74, 6) is -0.873. The number of anilines is 2. The molecule has 1 unspecified atom stereocenters. The third kappa shape index (κ3) is 2.94. The Morgan fingerprint density at radius 3 is 2.53 bits per heavy atom. The fourth-order valence-electron chi connectivity index (χ4n) is 2.45. The molecule has 0 bridgehead atoms. The molecule has 1 aliphatic heterocycles. The molecule has 0 spiro atoms. The molecule has 0 aromatic carbocycles.